The van der Waals surface area contributed by atoms with Crippen LogP contribution in [0.3, 0.4) is 0 Å². The largest absolute Gasteiger partial charge is 0.347 e. The van der Waals surface area contributed by atoms with E-state index in [-0.39, 0.29) is 17.4 Å². The van der Waals surface area contributed by atoms with Crippen LogP contribution in [0.2, 0.25) is 0 Å². The van der Waals surface area contributed by atoms with E-state index in [1.165, 1.54) is 0 Å². The lowest BCUT2D eigenvalue weighted by Crippen LogP contribution is -2.39. The highest BCUT2D eigenvalue weighted by atomic mass is 32.2. The summed E-state index contributed by atoms with van der Waals surface area (Å²) in [5.74, 6) is 1.01. The molecular formula is C23H28N4O3S. The lowest BCUT2D eigenvalue weighted by molar-refractivity contribution is 0.269. The van der Waals surface area contributed by atoms with Crippen LogP contribution in [0.15, 0.2) is 53.3 Å². The van der Waals surface area contributed by atoms with E-state index in [0.717, 1.165) is 35.2 Å². The molecule has 0 radical (unpaired) electrons. The van der Waals surface area contributed by atoms with Gasteiger partial charge >= 0.3 is 5.69 Å². The summed E-state index contributed by atoms with van der Waals surface area (Å²) < 4.78 is 29.0. The lowest BCUT2D eigenvalue weighted by atomic mass is 9.94. The SMILES string of the molecule is Cc1cccc(CS(=O)(=O)N2CCC(Cc3n[nH]c(=O)n3-c3ccccc3C)CC2)c1. The van der Waals surface area contributed by atoms with Gasteiger partial charge in [0.15, 0.2) is 0 Å². The summed E-state index contributed by atoms with van der Waals surface area (Å²) in [5.41, 5.74) is 3.47. The first-order valence-corrected chi connectivity index (χ1v) is 12.2. The van der Waals surface area contributed by atoms with Crippen molar-refractivity contribution >= 4 is 10.0 Å². The Morgan fingerprint density at radius 3 is 2.52 bits per heavy atom. The number of hydrogen-bond acceptors (Lipinski definition) is 4. The zero-order chi connectivity index (χ0) is 22.0. The fourth-order valence-electron chi connectivity index (χ4n) is 4.28. The van der Waals surface area contributed by atoms with Gasteiger partial charge in [-0.15, -0.1) is 0 Å². The third-order valence-electron chi connectivity index (χ3n) is 5.97. The first-order valence-electron chi connectivity index (χ1n) is 10.6. The van der Waals surface area contributed by atoms with Crippen molar-refractivity contribution < 1.29 is 8.42 Å². The second kappa shape index (κ2) is 8.80. The third kappa shape index (κ3) is 4.80. The van der Waals surface area contributed by atoms with E-state index in [1.807, 2.05) is 62.4 Å². The Hall–Kier alpha value is -2.71. The first-order chi connectivity index (χ1) is 14.8. The van der Waals surface area contributed by atoms with E-state index in [0.29, 0.717) is 25.3 Å². The Bertz CT molecular complexity index is 1220. The van der Waals surface area contributed by atoms with Gasteiger partial charge < -0.3 is 0 Å². The number of hydrogen-bond donors (Lipinski definition) is 1. The van der Waals surface area contributed by atoms with Gasteiger partial charge in [0.25, 0.3) is 0 Å². The van der Waals surface area contributed by atoms with Crippen molar-refractivity contribution in [2.24, 2.45) is 5.92 Å². The minimum absolute atomic E-state index is 0.0333. The van der Waals surface area contributed by atoms with Gasteiger partial charge in [0.2, 0.25) is 10.0 Å². The van der Waals surface area contributed by atoms with E-state index < -0.39 is 10.0 Å². The van der Waals surface area contributed by atoms with Crippen LogP contribution in [0.5, 0.6) is 0 Å². The molecule has 0 unspecified atom stereocenters. The molecule has 0 amide bonds. The van der Waals surface area contributed by atoms with E-state index in [4.69, 9.17) is 0 Å². The second-order valence-corrected chi connectivity index (χ2v) is 10.3. The number of sulfonamides is 1. The smallest absolute Gasteiger partial charge is 0.247 e. The van der Waals surface area contributed by atoms with Gasteiger partial charge in [-0.3, -0.25) is 0 Å². The van der Waals surface area contributed by atoms with Crippen molar-refractivity contribution in [1.82, 2.24) is 19.1 Å². The Balaban J connectivity index is 1.42. The van der Waals surface area contributed by atoms with Crippen LogP contribution in [0.1, 0.15) is 35.4 Å². The standard InChI is InChI=1S/C23H28N4O3S/c1-17-6-5-8-20(14-17)16-31(29,30)26-12-10-19(11-13-26)15-22-24-25-23(28)27(22)21-9-4-3-7-18(21)2/h3-9,14,19H,10-13,15-16H2,1-2H3,(H,25,28). The van der Waals surface area contributed by atoms with Gasteiger partial charge in [-0.2, -0.15) is 5.10 Å². The van der Waals surface area contributed by atoms with Crippen LogP contribution >= 0.6 is 0 Å². The van der Waals surface area contributed by atoms with Crippen molar-refractivity contribution in [3.63, 3.8) is 0 Å². The molecule has 0 aliphatic carbocycles. The Labute approximate surface area is 182 Å². The number of nitrogens with one attached hydrogen (secondary N) is 1. The predicted octanol–water partition coefficient (Wildman–Crippen LogP) is 2.96. The molecule has 1 N–H and O–H groups in total. The average Bonchev–Trinajstić information content (AvgIpc) is 3.08. The monoisotopic (exact) mass is 440 g/mol. The fraction of sp³-hybridized carbons (Fsp3) is 0.391. The molecule has 2 aromatic carbocycles. The molecular weight excluding hydrogens is 412 g/mol. The highest BCUT2D eigenvalue weighted by molar-refractivity contribution is 7.88. The van der Waals surface area contributed by atoms with Crippen LogP contribution in [-0.4, -0.2) is 40.6 Å². The highest BCUT2D eigenvalue weighted by Crippen LogP contribution is 2.25. The first kappa shape index (κ1) is 21.5. The zero-order valence-electron chi connectivity index (χ0n) is 17.9. The summed E-state index contributed by atoms with van der Waals surface area (Å²) in [6.45, 7) is 4.93. The van der Waals surface area contributed by atoms with E-state index >= 15 is 0 Å². The summed E-state index contributed by atoms with van der Waals surface area (Å²) in [6.07, 6.45) is 2.14. The summed E-state index contributed by atoms with van der Waals surface area (Å²) in [4.78, 5) is 12.4. The number of para-hydroxylation sites is 1. The van der Waals surface area contributed by atoms with Crippen LogP contribution < -0.4 is 5.69 Å². The van der Waals surface area contributed by atoms with Crippen LogP contribution in [0.4, 0.5) is 0 Å². The molecule has 3 aromatic rings. The zero-order valence-corrected chi connectivity index (χ0v) is 18.7. The molecule has 164 valence electrons. The number of rotatable bonds is 6. The van der Waals surface area contributed by atoms with Crippen LogP contribution in [0, 0.1) is 19.8 Å². The predicted molar refractivity (Wildman–Crippen MR) is 121 cm³/mol. The Morgan fingerprint density at radius 2 is 1.81 bits per heavy atom. The van der Waals surface area contributed by atoms with Gasteiger partial charge in [-0.05, 0) is 49.8 Å². The van der Waals surface area contributed by atoms with Gasteiger partial charge in [-0.1, -0.05) is 48.0 Å². The number of nitrogens with zero attached hydrogens (tertiary/aromatic N) is 3. The molecule has 2 heterocycles. The van der Waals surface area contributed by atoms with Crippen LogP contribution in [-0.2, 0) is 22.2 Å². The molecule has 1 aliphatic rings. The number of piperidine rings is 1. The van der Waals surface area contributed by atoms with Gasteiger partial charge in [-0.25, -0.2) is 27.2 Å². The normalized spacial score (nSPS) is 15.9. The highest BCUT2D eigenvalue weighted by Gasteiger charge is 2.29. The van der Waals surface area contributed by atoms with Crippen LogP contribution in [0.25, 0.3) is 5.69 Å². The van der Waals surface area contributed by atoms with Crippen molar-refractivity contribution in [3.05, 3.63) is 81.5 Å². The molecule has 1 aromatic heterocycles. The molecule has 1 saturated heterocycles. The molecule has 31 heavy (non-hydrogen) atoms. The summed E-state index contributed by atoms with van der Waals surface area (Å²) in [6, 6.07) is 15.4. The van der Waals surface area contributed by atoms with E-state index in [1.54, 1.807) is 8.87 Å². The van der Waals surface area contributed by atoms with E-state index in [2.05, 4.69) is 10.2 Å². The minimum Gasteiger partial charge on any atom is -0.247 e. The maximum Gasteiger partial charge on any atom is 0.347 e. The topological polar surface area (TPSA) is 88.1 Å². The molecule has 1 aliphatic heterocycles. The fourth-order valence-corrected chi connectivity index (χ4v) is 5.83. The van der Waals surface area contributed by atoms with Gasteiger partial charge in [0.1, 0.15) is 5.82 Å². The molecule has 0 saturated carbocycles. The quantitative estimate of drug-likeness (QED) is 0.638. The number of aryl methyl sites for hydroxylation is 2. The Morgan fingerprint density at radius 1 is 1.06 bits per heavy atom. The van der Waals surface area contributed by atoms with Crippen molar-refractivity contribution in [1.29, 1.82) is 0 Å². The number of H-pyrrole nitrogens is 1. The number of aromatic nitrogens is 3. The lowest BCUT2D eigenvalue weighted by Gasteiger charge is -2.31. The molecule has 4 rings (SSSR count). The maximum absolute atomic E-state index is 12.9. The Kier molecular flexibility index (Phi) is 6.11. The van der Waals surface area contributed by atoms with Gasteiger partial charge in [0.05, 0.1) is 11.4 Å². The molecule has 0 bridgehead atoms. The molecule has 7 nitrogen and oxygen atoms in total. The average molecular weight is 441 g/mol. The molecule has 0 atom stereocenters. The summed E-state index contributed by atoms with van der Waals surface area (Å²) >= 11 is 0. The van der Waals surface area contributed by atoms with E-state index in [9.17, 15) is 13.2 Å². The number of benzene rings is 2. The summed E-state index contributed by atoms with van der Waals surface area (Å²) in [7, 11) is -3.35. The van der Waals surface area contributed by atoms with Gasteiger partial charge in [0, 0.05) is 19.5 Å². The van der Waals surface area contributed by atoms with Crippen molar-refractivity contribution in [2.75, 3.05) is 13.1 Å². The minimum atomic E-state index is -3.35. The number of aromatic amines is 1. The summed E-state index contributed by atoms with van der Waals surface area (Å²) in [5, 5.41) is 6.82. The maximum atomic E-state index is 12.9. The third-order valence-corrected chi connectivity index (χ3v) is 7.82. The second-order valence-electron chi connectivity index (χ2n) is 8.36. The van der Waals surface area contributed by atoms with Crippen molar-refractivity contribution in [3.8, 4) is 5.69 Å². The molecule has 0 spiro atoms. The van der Waals surface area contributed by atoms with Crippen molar-refractivity contribution in [2.45, 2.75) is 38.9 Å². The molecule has 1 fully saturated rings. The molecule has 8 heteroatoms.